The van der Waals surface area contributed by atoms with E-state index in [9.17, 15) is 4.79 Å². The van der Waals surface area contributed by atoms with Crippen molar-refractivity contribution in [3.8, 4) is 0 Å². The van der Waals surface area contributed by atoms with Gasteiger partial charge in [-0.05, 0) is 20.3 Å². The molecule has 1 heterocycles. The molecule has 0 aromatic carbocycles. The summed E-state index contributed by atoms with van der Waals surface area (Å²) in [5.74, 6) is -0.251. The second-order valence-electron chi connectivity index (χ2n) is 5.99. The minimum Gasteiger partial charge on any atom is -0.465 e. The normalized spacial score (nSPS) is 14.9. The van der Waals surface area contributed by atoms with Crippen molar-refractivity contribution in [2.24, 2.45) is 0 Å². The summed E-state index contributed by atoms with van der Waals surface area (Å²) in [6.45, 7) is 12.7. The van der Waals surface area contributed by atoms with Crippen LogP contribution in [0.5, 0.6) is 0 Å². The topological polar surface area (TPSA) is 51.2 Å². The summed E-state index contributed by atoms with van der Waals surface area (Å²) >= 11 is 1.60. The highest BCUT2D eigenvalue weighted by Crippen LogP contribution is 2.28. The molecule has 4 nitrogen and oxygen atoms in total. The Morgan fingerprint density at radius 3 is 2.55 bits per heavy atom. The van der Waals surface area contributed by atoms with Gasteiger partial charge < -0.3 is 4.74 Å². The third-order valence-electron chi connectivity index (χ3n) is 3.05. The van der Waals surface area contributed by atoms with E-state index in [4.69, 9.17) is 4.74 Å². The number of hydrogen-bond acceptors (Lipinski definition) is 5. The number of esters is 1. The fourth-order valence-electron chi connectivity index (χ4n) is 1.67. The maximum absolute atomic E-state index is 12.1. The summed E-state index contributed by atoms with van der Waals surface area (Å²) in [5, 5.41) is 6.29. The minimum absolute atomic E-state index is 0.00149. The van der Waals surface area contributed by atoms with E-state index < -0.39 is 6.04 Å². The lowest BCUT2D eigenvalue weighted by Crippen LogP contribution is -2.36. The van der Waals surface area contributed by atoms with Crippen LogP contribution in [0.3, 0.4) is 0 Å². The molecule has 0 aliphatic heterocycles. The van der Waals surface area contributed by atoms with E-state index in [1.165, 1.54) is 0 Å². The van der Waals surface area contributed by atoms with Gasteiger partial charge in [-0.25, -0.2) is 9.78 Å². The third-order valence-corrected chi connectivity index (χ3v) is 4.33. The molecule has 0 amide bonds. The van der Waals surface area contributed by atoms with Crippen molar-refractivity contribution in [2.75, 3.05) is 6.61 Å². The molecule has 114 valence electrons. The standard InChI is InChI=1S/C15H26N2O2S/c1-7-10(3)16-12(13(18)19-8-2)11-9-20-14(17-11)15(4,5)6/h9-10,12,16H,7-8H2,1-6H3. The van der Waals surface area contributed by atoms with E-state index in [2.05, 4.69) is 44.9 Å². The molecule has 5 heteroatoms. The van der Waals surface area contributed by atoms with Crippen molar-refractivity contribution in [1.29, 1.82) is 0 Å². The largest absolute Gasteiger partial charge is 0.465 e. The first kappa shape index (κ1) is 17.1. The van der Waals surface area contributed by atoms with Crippen molar-refractivity contribution < 1.29 is 9.53 Å². The Bertz CT molecular complexity index is 437. The summed E-state index contributed by atoms with van der Waals surface area (Å²) < 4.78 is 5.16. The van der Waals surface area contributed by atoms with Crippen LogP contribution in [-0.4, -0.2) is 23.6 Å². The van der Waals surface area contributed by atoms with E-state index >= 15 is 0 Å². The number of ether oxygens (including phenoxy) is 1. The summed E-state index contributed by atoms with van der Waals surface area (Å²) in [7, 11) is 0. The van der Waals surface area contributed by atoms with Crippen LogP contribution in [0.15, 0.2) is 5.38 Å². The lowest BCUT2D eigenvalue weighted by Gasteiger charge is -2.20. The first-order valence-electron chi connectivity index (χ1n) is 7.18. The van der Waals surface area contributed by atoms with Gasteiger partial charge in [-0.2, -0.15) is 0 Å². The lowest BCUT2D eigenvalue weighted by atomic mass is 9.98. The highest BCUT2D eigenvalue weighted by atomic mass is 32.1. The maximum atomic E-state index is 12.1. The molecular formula is C15H26N2O2S. The zero-order chi connectivity index (χ0) is 15.3. The van der Waals surface area contributed by atoms with Crippen LogP contribution in [0.2, 0.25) is 0 Å². The Morgan fingerprint density at radius 1 is 1.45 bits per heavy atom. The summed E-state index contributed by atoms with van der Waals surface area (Å²) in [4.78, 5) is 16.8. The predicted molar refractivity (Wildman–Crippen MR) is 83.1 cm³/mol. The molecular weight excluding hydrogens is 272 g/mol. The molecule has 0 fully saturated rings. The van der Waals surface area contributed by atoms with Gasteiger partial charge in [-0.15, -0.1) is 11.3 Å². The molecule has 20 heavy (non-hydrogen) atoms. The van der Waals surface area contributed by atoms with Crippen LogP contribution >= 0.6 is 11.3 Å². The number of hydrogen-bond donors (Lipinski definition) is 1. The smallest absolute Gasteiger partial charge is 0.329 e. The quantitative estimate of drug-likeness (QED) is 0.817. The van der Waals surface area contributed by atoms with E-state index in [-0.39, 0.29) is 17.4 Å². The molecule has 0 aliphatic rings. The predicted octanol–water partition coefficient (Wildman–Crippen LogP) is 3.43. The van der Waals surface area contributed by atoms with Gasteiger partial charge in [0.15, 0.2) is 0 Å². The Hall–Kier alpha value is -0.940. The number of carbonyl (C=O) groups excluding carboxylic acids is 1. The summed E-state index contributed by atoms with van der Waals surface area (Å²) in [6, 6.07) is -0.235. The van der Waals surface area contributed by atoms with Crippen LogP contribution in [0.1, 0.15) is 64.7 Å². The summed E-state index contributed by atoms with van der Waals surface area (Å²) in [5.41, 5.74) is 0.761. The highest BCUT2D eigenvalue weighted by molar-refractivity contribution is 7.09. The average Bonchev–Trinajstić information content (AvgIpc) is 2.84. The van der Waals surface area contributed by atoms with Crippen LogP contribution in [0.25, 0.3) is 0 Å². The highest BCUT2D eigenvalue weighted by Gasteiger charge is 2.27. The molecule has 1 aromatic rings. The zero-order valence-corrected chi connectivity index (χ0v) is 14.1. The number of nitrogens with one attached hydrogen (secondary N) is 1. The molecule has 0 saturated heterocycles. The van der Waals surface area contributed by atoms with Crippen molar-refractivity contribution in [2.45, 2.75) is 65.5 Å². The van der Waals surface area contributed by atoms with Crippen LogP contribution in [0.4, 0.5) is 0 Å². The monoisotopic (exact) mass is 298 g/mol. The van der Waals surface area contributed by atoms with Crippen molar-refractivity contribution in [1.82, 2.24) is 10.3 Å². The first-order chi connectivity index (χ1) is 9.29. The minimum atomic E-state index is -0.475. The SMILES string of the molecule is CCOC(=O)C(NC(C)CC)c1csc(C(C)(C)C)n1. The zero-order valence-electron chi connectivity index (χ0n) is 13.3. The molecule has 2 unspecified atom stereocenters. The molecule has 0 bridgehead atoms. The van der Waals surface area contributed by atoms with E-state index in [0.29, 0.717) is 6.61 Å². The van der Waals surface area contributed by atoms with Gasteiger partial charge in [-0.1, -0.05) is 27.7 Å². The first-order valence-corrected chi connectivity index (χ1v) is 8.06. The fraction of sp³-hybridized carbons (Fsp3) is 0.733. The number of aromatic nitrogens is 1. The number of nitrogens with zero attached hydrogens (tertiary/aromatic N) is 1. The molecule has 1 rings (SSSR count). The Kier molecular flexibility index (Phi) is 6.14. The molecule has 2 atom stereocenters. The van der Waals surface area contributed by atoms with Gasteiger partial charge in [0, 0.05) is 16.8 Å². The van der Waals surface area contributed by atoms with Gasteiger partial charge in [0.25, 0.3) is 0 Å². The molecule has 0 radical (unpaired) electrons. The van der Waals surface area contributed by atoms with Crippen LogP contribution < -0.4 is 5.32 Å². The van der Waals surface area contributed by atoms with Gasteiger partial charge in [0.1, 0.15) is 6.04 Å². The van der Waals surface area contributed by atoms with E-state index in [1.807, 2.05) is 12.3 Å². The summed E-state index contributed by atoms with van der Waals surface area (Å²) in [6.07, 6.45) is 0.951. The average molecular weight is 298 g/mol. The van der Waals surface area contributed by atoms with Gasteiger partial charge >= 0.3 is 5.97 Å². The van der Waals surface area contributed by atoms with Gasteiger partial charge in [-0.3, -0.25) is 5.32 Å². The van der Waals surface area contributed by atoms with Crippen molar-refractivity contribution in [3.05, 3.63) is 16.1 Å². The van der Waals surface area contributed by atoms with Crippen molar-refractivity contribution >= 4 is 17.3 Å². The number of rotatable bonds is 6. The molecule has 1 aromatic heterocycles. The fourth-order valence-corrected chi connectivity index (χ4v) is 2.60. The van der Waals surface area contributed by atoms with Gasteiger partial charge in [0.2, 0.25) is 0 Å². The number of thiazole rings is 1. The molecule has 0 saturated carbocycles. The van der Waals surface area contributed by atoms with Gasteiger partial charge in [0.05, 0.1) is 17.3 Å². The van der Waals surface area contributed by atoms with Crippen LogP contribution in [-0.2, 0) is 14.9 Å². The van der Waals surface area contributed by atoms with Crippen LogP contribution in [0, 0.1) is 0 Å². The second kappa shape index (κ2) is 7.18. The Balaban J connectivity index is 2.98. The second-order valence-corrected chi connectivity index (χ2v) is 6.85. The molecule has 1 N–H and O–H groups in total. The Labute approximate surface area is 125 Å². The van der Waals surface area contributed by atoms with Crippen molar-refractivity contribution in [3.63, 3.8) is 0 Å². The maximum Gasteiger partial charge on any atom is 0.329 e. The van der Waals surface area contributed by atoms with E-state index in [0.717, 1.165) is 17.1 Å². The molecule has 0 aliphatic carbocycles. The third kappa shape index (κ3) is 4.56. The molecule has 0 spiro atoms. The number of carbonyl (C=O) groups is 1. The Morgan fingerprint density at radius 2 is 2.10 bits per heavy atom. The van der Waals surface area contributed by atoms with E-state index in [1.54, 1.807) is 11.3 Å². The lowest BCUT2D eigenvalue weighted by molar-refractivity contribution is -0.146.